The summed E-state index contributed by atoms with van der Waals surface area (Å²) in [4.78, 5) is 29.2. The van der Waals surface area contributed by atoms with Gasteiger partial charge >= 0.3 is 0 Å². The maximum Gasteiger partial charge on any atom is 0.261 e. The molecule has 10 heteroatoms. The molecule has 2 aromatic rings. The average Bonchev–Trinajstić information content (AvgIpc) is 3.68. The Bertz CT molecular complexity index is 1090. The number of carbonyl (C=O) groups is 2. The summed E-state index contributed by atoms with van der Waals surface area (Å²) >= 11 is 0. The minimum Gasteiger partial charge on any atom is -0.356 e. The van der Waals surface area contributed by atoms with Gasteiger partial charge in [0.15, 0.2) is 5.96 Å². The Morgan fingerprint density at radius 1 is 1.09 bits per heavy atom. The van der Waals surface area contributed by atoms with E-state index in [1.807, 2.05) is 11.4 Å². The molecule has 4 rings (SSSR count). The van der Waals surface area contributed by atoms with E-state index in [0.29, 0.717) is 29.7 Å². The Hall–Kier alpha value is -3.56. The smallest absolute Gasteiger partial charge is 0.261 e. The normalized spacial score (nSPS) is 16.3. The lowest BCUT2D eigenvalue weighted by molar-refractivity contribution is 0.0681. The Balaban J connectivity index is 1.49. The highest BCUT2D eigenvalue weighted by atomic mass is 19.3. The number of benzene rings is 2. The van der Waals surface area contributed by atoms with E-state index in [1.165, 1.54) is 12.1 Å². The molecular weight excluding hydrogens is 447 g/mol. The van der Waals surface area contributed by atoms with Crippen LogP contribution in [0.4, 0.5) is 24.5 Å². The van der Waals surface area contributed by atoms with Gasteiger partial charge in [-0.15, -0.1) is 0 Å². The Morgan fingerprint density at radius 3 is 2.56 bits per heavy atom. The standard InChI is InChI=1S/C24H26F3N5O2/c25-13-20(21(26)27)31-22(33)15-3-1-4-17(11-15)30-19-8-7-16(12-18(19)14-5-6-14)23(34)32-24-28-9-2-10-29-24/h1,3-4,7-8,11-12,14,20-21,30H,2,5-6,9-10,13H2,(H,31,33)(H2,28,29,32,34). The average molecular weight is 473 g/mol. The van der Waals surface area contributed by atoms with E-state index >= 15 is 0 Å². The molecule has 1 heterocycles. The van der Waals surface area contributed by atoms with Crippen LogP contribution in [0.15, 0.2) is 47.5 Å². The molecule has 1 atom stereocenters. The van der Waals surface area contributed by atoms with Gasteiger partial charge in [-0.2, -0.15) is 0 Å². The fourth-order valence-corrected chi connectivity index (χ4v) is 3.66. The highest BCUT2D eigenvalue weighted by Crippen LogP contribution is 2.44. The second kappa shape index (κ2) is 10.6. The molecular formula is C24H26F3N5O2. The number of carbonyl (C=O) groups excluding carboxylic acids is 2. The number of amides is 2. The molecule has 0 aromatic heterocycles. The highest BCUT2D eigenvalue weighted by molar-refractivity contribution is 6.06. The summed E-state index contributed by atoms with van der Waals surface area (Å²) in [6.07, 6.45) is -0.0476. The van der Waals surface area contributed by atoms with Crippen molar-refractivity contribution in [1.82, 2.24) is 16.0 Å². The summed E-state index contributed by atoms with van der Waals surface area (Å²) in [5.41, 5.74) is 2.99. The maximum absolute atomic E-state index is 12.8. The second-order valence-electron chi connectivity index (χ2n) is 8.32. The first-order chi connectivity index (χ1) is 16.4. The number of anilines is 2. The summed E-state index contributed by atoms with van der Waals surface area (Å²) in [7, 11) is 0. The van der Waals surface area contributed by atoms with Crippen molar-refractivity contribution in [2.24, 2.45) is 4.99 Å². The van der Waals surface area contributed by atoms with Crippen molar-refractivity contribution in [2.45, 2.75) is 37.6 Å². The number of hydrogen-bond donors (Lipinski definition) is 4. The summed E-state index contributed by atoms with van der Waals surface area (Å²) < 4.78 is 38.3. The summed E-state index contributed by atoms with van der Waals surface area (Å²) in [6, 6.07) is 9.85. The first-order valence-corrected chi connectivity index (χ1v) is 11.2. The molecule has 1 aliphatic heterocycles. The fourth-order valence-electron chi connectivity index (χ4n) is 3.66. The van der Waals surface area contributed by atoms with E-state index in [9.17, 15) is 22.8 Å². The number of aliphatic imine (C=N–C) groups is 1. The predicted octanol–water partition coefficient (Wildman–Crippen LogP) is 3.72. The zero-order valence-corrected chi connectivity index (χ0v) is 18.4. The van der Waals surface area contributed by atoms with E-state index in [0.717, 1.165) is 37.1 Å². The Morgan fingerprint density at radius 2 is 1.88 bits per heavy atom. The molecule has 1 aliphatic carbocycles. The van der Waals surface area contributed by atoms with Crippen LogP contribution < -0.4 is 21.3 Å². The van der Waals surface area contributed by atoms with Gasteiger partial charge in [0.25, 0.3) is 18.2 Å². The van der Waals surface area contributed by atoms with Gasteiger partial charge in [-0.1, -0.05) is 6.07 Å². The van der Waals surface area contributed by atoms with Crippen LogP contribution in [0.1, 0.15) is 51.5 Å². The quantitative estimate of drug-likeness (QED) is 0.470. The minimum atomic E-state index is -2.99. The number of hydrogen-bond acceptors (Lipinski definition) is 5. The van der Waals surface area contributed by atoms with Crippen LogP contribution in [-0.4, -0.2) is 50.0 Å². The molecule has 0 saturated heterocycles. The summed E-state index contributed by atoms with van der Waals surface area (Å²) in [5.74, 6) is -0.228. The number of nitrogens with one attached hydrogen (secondary N) is 4. The third-order valence-corrected chi connectivity index (χ3v) is 5.65. The van der Waals surface area contributed by atoms with E-state index in [1.54, 1.807) is 24.3 Å². The molecule has 34 heavy (non-hydrogen) atoms. The second-order valence-corrected chi connectivity index (χ2v) is 8.32. The van der Waals surface area contributed by atoms with Crippen molar-refractivity contribution in [2.75, 3.05) is 25.1 Å². The molecule has 0 radical (unpaired) electrons. The molecule has 1 saturated carbocycles. The summed E-state index contributed by atoms with van der Waals surface area (Å²) in [5, 5.41) is 11.1. The van der Waals surface area contributed by atoms with Crippen molar-refractivity contribution in [3.8, 4) is 0 Å². The minimum absolute atomic E-state index is 0.133. The van der Waals surface area contributed by atoms with Crippen LogP contribution in [0, 0.1) is 0 Å². The number of guanidine groups is 1. The first kappa shape index (κ1) is 23.6. The third-order valence-electron chi connectivity index (χ3n) is 5.65. The number of alkyl halides is 3. The van der Waals surface area contributed by atoms with Gasteiger partial charge in [-0.3, -0.25) is 19.9 Å². The van der Waals surface area contributed by atoms with Crippen LogP contribution in [0.3, 0.4) is 0 Å². The van der Waals surface area contributed by atoms with Gasteiger partial charge < -0.3 is 16.0 Å². The molecule has 2 aliphatic rings. The van der Waals surface area contributed by atoms with Crippen molar-refractivity contribution < 1.29 is 22.8 Å². The van der Waals surface area contributed by atoms with Gasteiger partial charge in [0, 0.05) is 35.6 Å². The SMILES string of the molecule is O=C(NC1=NCCCN1)c1ccc(Nc2cccc(C(=O)NC(CF)C(F)F)c2)c(C2CC2)c1. The Kier molecular flexibility index (Phi) is 7.34. The monoisotopic (exact) mass is 473 g/mol. The zero-order valence-electron chi connectivity index (χ0n) is 18.4. The highest BCUT2D eigenvalue weighted by Gasteiger charge is 2.28. The van der Waals surface area contributed by atoms with Crippen molar-refractivity contribution in [3.05, 3.63) is 59.2 Å². The van der Waals surface area contributed by atoms with Gasteiger partial charge in [-0.05, 0) is 67.1 Å². The van der Waals surface area contributed by atoms with E-state index in [2.05, 4.69) is 20.9 Å². The van der Waals surface area contributed by atoms with Crippen molar-refractivity contribution >= 4 is 29.1 Å². The van der Waals surface area contributed by atoms with E-state index < -0.39 is 25.0 Å². The molecule has 7 nitrogen and oxygen atoms in total. The third kappa shape index (κ3) is 5.86. The lowest BCUT2D eigenvalue weighted by Gasteiger charge is -2.17. The van der Waals surface area contributed by atoms with E-state index in [4.69, 9.17) is 0 Å². The molecule has 2 amide bonds. The van der Waals surface area contributed by atoms with Crippen molar-refractivity contribution in [3.63, 3.8) is 0 Å². The lowest BCUT2D eigenvalue weighted by Crippen LogP contribution is -2.43. The zero-order chi connectivity index (χ0) is 24.1. The number of halogens is 3. The molecule has 2 aromatic carbocycles. The Labute approximate surface area is 195 Å². The topological polar surface area (TPSA) is 94.6 Å². The molecule has 0 bridgehead atoms. The predicted molar refractivity (Wildman–Crippen MR) is 124 cm³/mol. The van der Waals surface area contributed by atoms with Gasteiger partial charge in [0.2, 0.25) is 0 Å². The van der Waals surface area contributed by atoms with Crippen LogP contribution >= 0.6 is 0 Å². The molecule has 0 spiro atoms. The van der Waals surface area contributed by atoms with Crippen LogP contribution in [0.2, 0.25) is 0 Å². The maximum atomic E-state index is 12.8. The van der Waals surface area contributed by atoms with E-state index in [-0.39, 0.29) is 11.5 Å². The number of rotatable bonds is 8. The molecule has 1 unspecified atom stereocenters. The number of nitrogens with zero attached hydrogens (tertiary/aromatic N) is 1. The van der Waals surface area contributed by atoms with Crippen LogP contribution in [0.5, 0.6) is 0 Å². The first-order valence-electron chi connectivity index (χ1n) is 11.2. The summed E-state index contributed by atoms with van der Waals surface area (Å²) in [6.45, 7) is 0.0881. The van der Waals surface area contributed by atoms with Gasteiger partial charge in [0.1, 0.15) is 12.7 Å². The molecule has 1 fully saturated rings. The molecule has 4 N–H and O–H groups in total. The fraction of sp³-hybridized carbons (Fsp3) is 0.375. The van der Waals surface area contributed by atoms with Gasteiger partial charge in [0.05, 0.1) is 0 Å². The largest absolute Gasteiger partial charge is 0.356 e. The lowest BCUT2D eigenvalue weighted by atomic mass is 10.0. The van der Waals surface area contributed by atoms with Crippen molar-refractivity contribution in [1.29, 1.82) is 0 Å². The van der Waals surface area contributed by atoms with Crippen LogP contribution in [0.25, 0.3) is 0 Å². The molecule has 180 valence electrons. The van der Waals surface area contributed by atoms with Crippen LogP contribution in [-0.2, 0) is 0 Å². The van der Waals surface area contributed by atoms with Gasteiger partial charge in [-0.25, -0.2) is 13.2 Å².